The molecule has 0 fully saturated rings. The Morgan fingerprint density at radius 1 is 0.946 bits per heavy atom. The third-order valence-corrected chi connectivity index (χ3v) is 5.94. The fourth-order valence-corrected chi connectivity index (χ4v) is 3.95. The van der Waals surface area contributed by atoms with E-state index < -0.39 is 30.1 Å². The highest BCUT2D eigenvalue weighted by Gasteiger charge is 2.32. The van der Waals surface area contributed by atoms with Gasteiger partial charge in [0, 0.05) is 29.4 Å². The van der Waals surface area contributed by atoms with Crippen LogP contribution < -0.4 is 20.9 Å². The number of fused-ring (bicyclic) bond motifs is 1. The standard InChI is InChI=1S/C28H27N5O4/c1-17(29-28(37)30-21-13-9-12-20(16-21)18(2)34)26(35)32-25-27(36)33(3)23-15-8-7-14-22(23)24(31-25)19-10-5-4-6-11-19/h4-17,25H,1-3H3,(H,32,35)(H2,29,30,37)/t17-,25+/m0/s1. The maximum Gasteiger partial charge on any atom is 0.319 e. The van der Waals surface area contributed by atoms with Gasteiger partial charge in [-0.3, -0.25) is 14.4 Å². The van der Waals surface area contributed by atoms with Crippen LogP contribution in [0.25, 0.3) is 0 Å². The summed E-state index contributed by atoms with van der Waals surface area (Å²) in [5.74, 6) is -1.13. The third kappa shape index (κ3) is 5.72. The molecule has 1 aliphatic rings. The number of carbonyl (C=O) groups is 4. The molecule has 0 spiro atoms. The van der Waals surface area contributed by atoms with Crippen LogP contribution in [0.1, 0.15) is 35.3 Å². The van der Waals surface area contributed by atoms with Crippen LogP contribution in [0, 0.1) is 0 Å². The number of Topliss-reactive ketones (excluding diaryl/α,β-unsaturated/α-hetero) is 1. The number of urea groups is 1. The predicted molar refractivity (Wildman–Crippen MR) is 142 cm³/mol. The van der Waals surface area contributed by atoms with E-state index in [1.807, 2.05) is 54.6 Å². The van der Waals surface area contributed by atoms with E-state index in [1.165, 1.54) is 18.7 Å². The van der Waals surface area contributed by atoms with E-state index in [2.05, 4.69) is 20.9 Å². The number of nitrogens with one attached hydrogen (secondary N) is 3. The highest BCUT2D eigenvalue weighted by Crippen LogP contribution is 2.27. The molecular weight excluding hydrogens is 470 g/mol. The lowest BCUT2D eigenvalue weighted by Crippen LogP contribution is -2.52. The lowest BCUT2D eigenvalue weighted by molar-refractivity contribution is -0.128. The van der Waals surface area contributed by atoms with Crippen LogP contribution in [0.5, 0.6) is 0 Å². The van der Waals surface area contributed by atoms with Crippen molar-refractivity contribution in [3.05, 3.63) is 95.6 Å². The highest BCUT2D eigenvalue weighted by atomic mass is 16.2. The maximum atomic E-state index is 13.3. The number of rotatable bonds is 6. The van der Waals surface area contributed by atoms with Gasteiger partial charge < -0.3 is 20.9 Å². The number of nitrogens with zero attached hydrogens (tertiary/aromatic N) is 2. The molecule has 0 bridgehead atoms. The fraction of sp³-hybridized carbons (Fsp3) is 0.179. The Bertz CT molecular complexity index is 1390. The summed E-state index contributed by atoms with van der Waals surface area (Å²) in [4.78, 5) is 56.4. The Kier molecular flexibility index (Phi) is 7.43. The number of anilines is 2. The minimum Gasteiger partial charge on any atom is -0.326 e. The van der Waals surface area contributed by atoms with Gasteiger partial charge in [-0.25, -0.2) is 9.79 Å². The van der Waals surface area contributed by atoms with Gasteiger partial charge in [0.05, 0.1) is 11.4 Å². The van der Waals surface area contributed by atoms with Gasteiger partial charge in [0.25, 0.3) is 5.91 Å². The number of ketones is 1. The van der Waals surface area contributed by atoms with E-state index in [-0.39, 0.29) is 5.78 Å². The van der Waals surface area contributed by atoms with Crippen LogP contribution in [0.4, 0.5) is 16.2 Å². The van der Waals surface area contributed by atoms with E-state index in [4.69, 9.17) is 0 Å². The zero-order valence-corrected chi connectivity index (χ0v) is 20.7. The van der Waals surface area contributed by atoms with Gasteiger partial charge in [-0.15, -0.1) is 0 Å². The molecule has 2 atom stereocenters. The maximum absolute atomic E-state index is 13.3. The first-order chi connectivity index (χ1) is 17.7. The van der Waals surface area contributed by atoms with Crippen LogP contribution in [0.3, 0.4) is 0 Å². The van der Waals surface area contributed by atoms with E-state index in [9.17, 15) is 19.2 Å². The van der Waals surface area contributed by atoms with Gasteiger partial charge in [-0.05, 0) is 32.0 Å². The molecule has 0 saturated carbocycles. The molecular formula is C28H27N5O4. The number of benzene rings is 3. The third-order valence-electron chi connectivity index (χ3n) is 5.94. The number of benzodiazepines with no additional fused rings is 1. The van der Waals surface area contributed by atoms with Crippen LogP contribution in [-0.4, -0.2) is 48.6 Å². The molecule has 0 radical (unpaired) electrons. The number of amides is 4. The number of para-hydroxylation sites is 1. The van der Waals surface area contributed by atoms with Crippen molar-refractivity contribution in [2.75, 3.05) is 17.3 Å². The summed E-state index contributed by atoms with van der Waals surface area (Å²) in [5.41, 5.74) is 3.67. The zero-order chi connectivity index (χ0) is 26.5. The molecule has 1 aliphatic heterocycles. The number of hydrogen-bond donors (Lipinski definition) is 3. The molecule has 188 valence electrons. The monoisotopic (exact) mass is 497 g/mol. The predicted octanol–water partition coefficient (Wildman–Crippen LogP) is 3.36. The van der Waals surface area contributed by atoms with Crippen LogP contribution >= 0.6 is 0 Å². The first-order valence-electron chi connectivity index (χ1n) is 11.7. The molecule has 0 aliphatic carbocycles. The summed E-state index contributed by atoms with van der Waals surface area (Å²) in [6, 6.07) is 21.7. The number of aliphatic imine (C=N–C) groups is 1. The second-order valence-corrected chi connectivity index (χ2v) is 8.63. The van der Waals surface area contributed by atoms with E-state index >= 15 is 0 Å². The smallest absolute Gasteiger partial charge is 0.319 e. The number of hydrogen-bond acceptors (Lipinski definition) is 5. The average Bonchev–Trinajstić information content (AvgIpc) is 3.00. The molecule has 3 aromatic rings. The van der Waals surface area contributed by atoms with Crippen molar-refractivity contribution in [3.63, 3.8) is 0 Å². The molecule has 0 saturated heterocycles. The van der Waals surface area contributed by atoms with Gasteiger partial charge >= 0.3 is 6.03 Å². The summed E-state index contributed by atoms with van der Waals surface area (Å²) >= 11 is 0. The molecule has 4 rings (SSSR count). The van der Waals surface area contributed by atoms with E-state index in [0.717, 1.165) is 11.1 Å². The minimum absolute atomic E-state index is 0.132. The molecule has 9 heteroatoms. The van der Waals surface area contributed by atoms with Crippen molar-refractivity contribution in [1.29, 1.82) is 0 Å². The Hall–Kier alpha value is -4.79. The van der Waals surface area contributed by atoms with E-state index in [1.54, 1.807) is 31.3 Å². The summed E-state index contributed by atoms with van der Waals surface area (Å²) in [7, 11) is 1.63. The molecule has 3 aromatic carbocycles. The van der Waals surface area contributed by atoms with Gasteiger partial charge in [0.2, 0.25) is 12.1 Å². The topological polar surface area (TPSA) is 120 Å². The molecule has 1 heterocycles. The number of carbonyl (C=O) groups excluding carboxylic acids is 4. The molecule has 0 aromatic heterocycles. The Morgan fingerprint density at radius 2 is 1.65 bits per heavy atom. The van der Waals surface area contributed by atoms with Gasteiger partial charge in [-0.2, -0.15) is 0 Å². The van der Waals surface area contributed by atoms with Crippen molar-refractivity contribution < 1.29 is 19.2 Å². The summed E-state index contributed by atoms with van der Waals surface area (Å²) < 4.78 is 0. The second-order valence-electron chi connectivity index (χ2n) is 8.63. The lowest BCUT2D eigenvalue weighted by Gasteiger charge is -2.22. The normalized spacial score (nSPS) is 15.5. The fourth-order valence-electron chi connectivity index (χ4n) is 3.95. The van der Waals surface area contributed by atoms with Crippen LogP contribution in [0.15, 0.2) is 83.9 Å². The minimum atomic E-state index is -1.19. The molecule has 9 nitrogen and oxygen atoms in total. The zero-order valence-electron chi connectivity index (χ0n) is 20.7. The summed E-state index contributed by atoms with van der Waals surface area (Å²) in [6.45, 7) is 2.93. The molecule has 3 N–H and O–H groups in total. The first kappa shape index (κ1) is 25.3. The van der Waals surface area contributed by atoms with Crippen LogP contribution in [0.2, 0.25) is 0 Å². The Balaban J connectivity index is 1.51. The van der Waals surface area contributed by atoms with Crippen LogP contribution in [-0.2, 0) is 9.59 Å². The molecule has 4 amide bonds. The number of likely N-dealkylation sites (N-methyl/N-ethyl adjacent to an activating group) is 1. The Labute approximate surface area is 214 Å². The summed E-state index contributed by atoms with van der Waals surface area (Å²) in [5, 5.41) is 7.82. The molecule has 37 heavy (non-hydrogen) atoms. The molecule has 0 unspecified atom stereocenters. The lowest BCUT2D eigenvalue weighted by atomic mass is 10.0. The van der Waals surface area contributed by atoms with Gasteiger partial charge in [-0.1, -0.05) is 60.7 Å². The summed E-state index contributed by atoms with van der Waals surface area (Å²) in [6.07, 6.45) is -1.19. The Morgan fingerprint density at radius 3 is 2.38 bits per heavy atom. The largest absolute Gasteiger partial charge is 0.326 e. The van der Waals surface area contributed by atoms with Crippen molar-refractivity contribution in [3.8, 4) is 0 Å². The van der Waals surface area contributed by atoms with Crippen molar-refractivity contribution in [2.45, 2.75) is 26.1 Å². The van der Waals surface area contributed by atoms with Crippen molar-refractivity contribution in [1.82, 2.24) is 10.6 Å². The second kappa shape index (κ2) is 10.9. The first-order valence-corrected chi connectivity index (χ1v) is 11.7. The van der Waals surface area contributed by atoms with Crippen molar-refractivity contribution in [2.24, 2.45) is 4.99 Å². The SMILES string of the molecule is CC(=O)c1cccc(NC(=O)N[C@@H](C)C(=O)N[C@H]2N=C(c3ccccc3)c3ccccc3N(C)C2=O)c1. The van der Waals surface area contributed by atoms with Crippen molar-refractivity contribution >= 4 is 40.7 Å². The van der Waals surface area contributed by atoms with Gasteiger partial charge in [0.1, 0.15) is 6.04 Å². The highest BCUT2D eigenvalue weighted by molar-refractivity contribution is 6.20. The quantitative estimate of drug-likeness (QED) is 0.452. The van der Waals surface area contributed by atoms with E-state index in [0.29, 0.717) is 22.6 Å². The van der Waals surface area contributed by atoms with Gasteiger partial charge in [0.15, 0.2) is 5.78 Å². The average molecular weight is 498 g/mol.